The van der Waals surface area contributed by atoms with Crippen LogP contribution < -0.4 is 15.0 Å². The average molecular weight is 489 g/mol. The highest BCUT2D eigenvalue weighted by Crippen LogP contribution is 2.25. The summed E-state index contributed by atoms with van der Waals surface area (Å²) in [6.45, 7) is 4.79. The summed E-state index contributed by atoms with van der Waals surface area (Å²) in [6.07, 6.45) is 0.598. The number of nitrogens with zero attached hydrogens (tertiary/aromatic N) is 1. The molecular weight excluding hydrogens is 452 g/mol. The van der Waals surface area contributed by atoms with E-state index < -0.39 is 5.97 Å². The fourth-order valence-electron chi connectivity index (χ4n) is 3.79. The molecule has 190 valence electrons. The predicted molar refractivity (Wildman–Crippen MR) is 146 cm³/mol. The molecule has 2 N–H and O–H groups in total. The van der Waals surface area contributed by atoms with Crippen LogP contribution in [0.25, 0.3) is 11.1 Å². The summed E-state index contributed by atoms with van der Waals surface area (Å²) in [5.41, 5.74) is 4.99. The molecule has 0 aliphatic rings. The first-order valence-corrected chi connectivity index (χ1v) is 12.3. The molecule has 6 heteroatoms. The van der Waals surface area contributed by atoms with E-state index in [2.05, 4.69) is 60.5 Å². The number of aliphatic carboxylic acids is 1. The van der Waals surface area contributed by atoms with E-state index in [9.17, 15) is 9.59 Å². The van der Waals surface area contributed by atoms with Crippen LogP contribution >= 0.6 is 0 Å². The van der Waals surface area contributed by atoms with Crippen molar-refractivity contribution in [2.24, 2.45) is 5.92 Å². The van der Waals surface area contributed by atoms with Crippen molar-refractivity contribution in [2.75, 3.05) is 30.9 Å². The summed E-state index contributed by atoms with van der Waals surface area (Å²) in [4.78, 5) is 25.0. The van der Waals surface area contributed by atoms with E-state index >= 15 is 0 Å². The van der Waals surface area contributed by atoms with Gasteiger partial charge in [-0.3, -0.25) is 9.59 Å². The van der Waals surface area contributed by atoms with E-state index in [0.29, 0.717) is 24.5 Å². The van der Waals surface area contributed by atoms with Crippen LogP contribution in [0.1, 0.15) is 43.5 Å². The van der Waals surface area contributed by atoms with Crippen molar-refractivity contribution < 1.29 is 19.4 Å². The van der Waals surface area contributed by atoms with Gasteiger partial charge in [0.1, 0.15) is 12.4 Å². The Morgan fingerprint density at radius 3 is 1.97 bits per heavy atom. The number of anilines is 2. The Kier molecular flexibility index (Phi) is 9.51. The number of benzene rings is 3. The quantitative estimate of drug-likeness (QED) is 0.272. The van der Waals surface area contributed by atoms with E-state index in [4.69, 9.17) is 9.84 Å². The fraction of sp³-hybridized carbons (Fsp3) is 0.333. The molecule has 1 atom stereocenters. The van der Waals surface area contributed by atoms with E-state index in [1.807, 2.05) is 38.4 Å². The van der Waals surface area contributed by atoms with Crippen molar-refractivity contribution in [3.8, 4) is 16.9 Å². The number of nitrogens with one attached hydrogen (secondary N) is 1. The lowest BCUT2D eigenvalue weighted by Gasteiger charge is -2.24. The molecule has 3 aromatic carbocycles. The van der Waals surface area contributed by atoms with Gasteiger partial charge < -0.3 is 20.1 Å². The Morgan fingerprint density at radius 2 is 1.44 bits per heavy atom. The smallest absolute Gasteiger partial charge is 0.303 e. The molecule has 3 rings (SSSR count). The lowest BCUT2D eigenvalue weighted by molar-refractivity contribution is -0.137. The van der Waals surface area contributed by atoms with Crippen LogP contribution in [-0.2, 0) is 4.79 Å². The lowest BCUT2D eigenvalue weighted by atomic mass is 10.0. The van der Waals surface area contributed by atoms with Gasteiger partial charge >= 0.3 is 5.97 Å². The summed E-state index contributed by atoms with van der Waals surface area (Å²) in [7, 11) is 4.06. The maximum atomic E-state index is 12.2. The molecule has 0 saturated carbocycles. The monoisotopic (exact) mass is 488 g/mol. The van der Waals surface area contributed by atoms with Gasteiger partial charge in [-0.1, -0.05) is 38.1 Å². The minimum absolute atomic E-state index is 0.00798. The zero-order chi connectivity index (χ0) is 26.1. The topological polar surface area (TPSA) is 78.9 Å². The van der Waals surface area contributed by atoms with Crippen molar-refractivity contribution in [3.63, 3.8) is 0 Å². The molecule has 0 bridgehead atoms. The molecule has 0 saturated heterocycles. The first-order chi connectivity index (χ1) is 17.2. The largest absolute Gasteiger partial charge is 0.491 e. The van der Waals surface area contributed by atoms with Gasteiger partial charge in [0.15, 0.2) is 5.78 Å². The summed E-state index contributed by atoms with van der Waals surface area (Å²) in [5.74, 6) is 0.231. The van der Waals surface area contributed by atoms with Crippen molar-refractivity contribution in [3.05, 3.63) is 78.4 Å². The molecule has 0 aliphatic carbocycles. The van der Waals surface area contributed by atoms with Crippen LogP contribution in [0.15, 0.2) is 72.8 Å². The van der Waals surface area contributed by atoms with Crippen molar-refractivity contribution in [1.29, 1.82) is 0 Å². The van der Waals surface area contributed by atoms with E-state index in [-0.39, 0.29) is 24.7 Å². The van der Waals surface area contributed by atoms with Crippen LogP contribution in [0.4, 0.5) is 11.4 Å². The molecule has 0 amide bonds. The minimum atomic E-state index is -0.879. The highest BCUT2D eigenvalue weighted by atomic mass is 16.5. The Hall–Kier alpha value is -3.80. The third-order valence-corrected chi connectivity index (χ3v) is 6.16. The van der Waals surface area contributed by atoms with Crippen molar-refractivity contribution in [1.82, 2.24) is 0 Å². The number of hydrogen-bond donors (Lipinski definition) is 2. The molecule has 0 heterocycles. The second-order valence-corrected chi connectivity index (χ2v) is 9.52. The summed E-state index contributed by atoms with van der Waals surface area (Å²) >= 11 is 0. The number of carboxylic acid groups (broad SMARTS) is 1. The van der Waals surface area contributed by atoms with E-state index in [1.165, 1.54) is 5.69 Å². The Morgan fingerprint density at radius 1 is 0.861 bits per heavy atom. The number of carbonyl (C=O) groups excluding carboxylic acids is 1. The maximum absolute atomic E-state index is 12.2. The van der Waals surface area contributed by atoms with Crippen LogP contribution in [-0.4, -0.2) is 43.6 Å². The lowest BCUT2D eigenvalue weighted by Crippen LogP contribution is -2.32. The van der Waals surface area contributed by atoms with Crippen LogP contribution in [0.3, 0.4) is 0 Å². The summed E-state index contributed by atoms with van der Waals surface area (Å²) in [6, 6.07) is 24.0. The highest BCUT2D eigenvalue weighted by molar-refractivity contribution is 5.96. The standard InChI is InChI=1S/C30H36N2O4/c1-21(2)28(31-25-14-8-24(9-15-25)29(33)6-5-7-30(34)35)20-36-27-18-12-23(13-19-27)22-10-16-26(17-11-22)32(3)4/h8-19,21,28,31H,5-7,20H2,1-4H3,(H,34,35)/t28-/m1/s1. The molecular formula is C30H36N2O4. The van der Waals surface area contributed by atoms with Crippen LogP contribution in [0.5, 0.6) is 5.75 Å². The van der Waals surface area contributed by atoms with Gasteiger partial charge in [-0.05, 0) is 72.0 Å². The van der Waals surface area contributed by atoms with Crippen molar-refractivity contribution in [2.45, 2.75) is 39.2 Å². The Labute approximate surface area is 213 Å². The zero-order valence-corrected chi connectivity index (χ0v) is 21.5. The molecule has 0 aromatic heterocycles. The SMILES string of the molecule is CC(C)[C@@H](COc1ccc(-c2ccc(N(C)C)cc2)cc1)Nc1ccc(C(=O)CCCC(=O)O)cc1. The molecule has 0 aliphatic heterocycles. The molecule has 6 nitrogen and oxygen atoms in total. The summed E-state index contributed by atoms with van der Waals surface area (Å²) in [5, 5.41) is 12.2. The zero-order valence-electron chi connectivity index (χ0n) is 21.5. The molecule has 0 spiro atoms. The number of ketones is 1. The van der Waals surface area contributed by atoms with Crippen molar-refractivity contribution >= 4 is 23.1 Å². The second kappa shape index (κ2) is 12.8. The third-order valence-electron chi connectivity index (χ3n) is 6.16. The summed E-state index contributed by atoms with van der Waals surface area (Å²) < 4.78 is 6.10. The molecule has 3 aromatic rings. The van der Waals surface area contributed by atoms with Gasteiger partial charge in [0.25, 0.3) is 0 Å². The fourth-order valence-corrected chi connectivity index (χ4v) is 3.79. The van der Waals surface area contributed by atoms with Gasteiger partial charge in [0.05, 0.1) is 6.04 Å². The Bertz CT molecular complexity index is 1120. The number of Topliss-reactive ketones (excluding diaryl/α,β-unsaturated/α-hetero) is 1. The van der Waals surface area contributed by atoms with Gasteiger partial charge in [-0.25, -0.2) is 0 Å². The number of carboxylic acids is 1. The maximum Gasteiger partial charge on any atom is 0.303 e. The average Bonchev–Trinajstić information content (AvgIpc) is 2.87. The van der Waals surface area contributed by atoms with Gasteiger partial charge in [0.2, 0.25) is 0 Å². The normalized spacial score (nSPS) is 11.7. The minimum Gasteiger partial charge on any atom is -0.491 e. The number of carbonyl (C=O) groups is 2. The number of ether oxygens (including phenoxy) is 1. The molecule has 36 heavy (non-hydrogen) atoms. The first-order valence-electron chi connectivity index (χ1n) is 12.3. The molecule has 0 radical (unpaired) electrons. The van der Waals surface area contributed by atoms with E-state index in [0.717, 1.165) is 22.6 Å². The number of rotatable bonds is 13. The van der Waals surface area contributed by atoms with Crippen LogP contribution in [0, 0.1) is 5.92 Å². The molecule has 0 fully saturated rings. The third kappa shape index (κ3) is 7.87. The van der Waals surface area contributed by atoms with Gasteiger partial charge in [-0.2, -0.15) is 0 Å². The molecule has 0 unspecified atom stereocenters. The van der Waals surface area contributed by atoms with Gasteiger partial charge in [-0.15, -0.1) is 0 Å². The predicted octanol–water partition coefficient (Wildman–Crippen LogP) is 6.37. The van der Waals surface area contributed by atoms with Crippen LogP contribution in [0.2, 0.25) is 0 Å². The van der Waals surface area contributed by atoms with E-state index in [1.54, 1.807) is 12.1 Å². The highest BCUT2D eigenvalue weighted by Gasteiger charge is 2.15. The number of hydrogen-bond acceptors (Lipinski definition) is 5. The first kappa shape index (κ1) is 26.8. The Balaban J connectivity index is 1.55. The second-order valence-electron chi connectivity index (χ2n) is 9.52. The van der Waals surface area contributed by atoms with Gasteiger partial charge in [0, 0.05) is 43.9 Å².